The van der Waals surface area contributed by atoms with Crippen molar-refractivity contribution in [1.29, 1.82) is 0 Å². The van der Waals surface area contributed by atoms with E-state index in [4.69, 9.17) is 0 Å². The summed E-state index contributed by atoms with van der Waals surface area (Å²) in [6.45, 7) is 5.20. The molecule has 3 rings (SSSR count). The summed E-state index contributed by atoms with van der Waals surface area (Å²) in [5.74, 6) is 0.00292. The quantitative estimate of drug-likeness (QED) is 0.372. The Hall–Kier alpha value is -2.90. The van der Waals surface area contributed by atoms with E-state index in [1.54, 1.807) is 0 Å². The molecule has 1 aliphatic rings. The van der Waals surface area contributed by atoms with Gasteiger partial charge >= 0.3 is 21.7 Å². The van der Waals surface area contributed by atoms with Crippen LogP contribution in [0.2, 0.25) is 0 Å². The molecule has 0 atom stereocenters. The average Bonchev–Trinajstić information content (AvgIpc) is 2.71. The molecule has 2 aromatic rings. The van der Waals surface area contributed by atoms with E-state index in [9.17, 15) is 34.8 Å². The van der Waals surface area contributed by atoms with Crippen molar-refractivity contribution in [1.82, 2.24) is 4.98 Å². The zero-order chi connectivity index (χ0) is 25.3. The first-order valence-corrected chi connectivity index (χ1v) is 11.6. The Morgan fingerprint density at radius 3 is 2.38 bits per heavy atom. The van der Waals surface area contributed by atoms with Crippen LogP contribution in [0.15, 0.2) is 40.7 Å². The third-order valence-electron chi connectivity index (χ3n) is 4.88. The lowest BCUT2D eigenvalue weighted by molar-refractivity contribution is -0.137. The number of halogens is 6. The number of nitrogens with zero attached hydrogens (tertiary/aromatic N) is 4. The fraction of sp³-hybridized carbons (Fsp3) is 0.450. The molecule has 0 unspecified atom stereocenters. The molecule has 0 spiro atoms. The molecule has 0 radical (unpaired) electrons. The smallest absolute Gasteiger partial charge is 0.371 e. The minimum absolute atomic E-state index is 0.223. The lowest BCUT2D eigenvalue weighted by Crippen LogP contribution is -2.33. The Labute approximate surface area is 191 Å². The van der Waals surface area contributed by atoms with Gasteiger partial charge in [-0.2, -0.15) is 34.8 Å². The highest BCUT2D eigenvalue weighted by molar-refractivity contribution is 7.93. The van der Waals surface area contributed by atoms with Crippen LogP contribution in [0.1, 0.15) is 31.4 Å². The summed E-state index contributed by atoms with van der Waals surface area (Å²) in [6, 6.07) is 4.36. The third kappa shape index (κ3) is 5.96. The Morgan fingerprint density at radius 2 is 1.82 bits per heavy atom. The molecule has 0 fully saturated rings. The number of pyridine rings is 1. The number of aromatic nitrogens is 1. The van der Waals surface area contributed by atoms with Gasteiger partial charge in [-0.05, 0) is 48.6 Å². The van der Waals surface area contributed by atoms with Crippen LogP contribution in [0.5, 0.6) is 0 Å². The molecule has 0 saturated heterocycles. The lowest BCUT2D eigenvalue weighted by atomic mass is 9.99. The minimum Gasteiger partial charge on any atom is -0.371 e. The van der Waals surface area contributed by atoms with Crippen LogP contribution in [-0.2, 0) is 22.6 Å². The highest BCUT2D eigenvalue weighted by Crippen LogP contribution is 2.39. The van der Waals surface area contributed by atoms with Gasteiger partial charge < -0.3 is 4.90 Å². The van der Waals surface area contributed by atoms with Gasteiger partial charge in [0.25, 0.3) is 0 Å². The molecule has 0 saturated carbocycles. The second-order valence-electron chi connectivity index (χ2n) is 8.10. The highest BCUT2D eigenvalue weighted by atomic mass is 32.2. The fourth-order valence-corrected chi connectivity index (χ4v) is 3.98. The maximum atomic E-state index is 13.0. The second kappa shape index (κ2) is 9.39. The number of rotatable bonds is 6. The minimum atomic E-state index is -5.76. The van der Waals surface area contributed by atoms with Crippen LogP contribution in [0.4, 0.5) is 49.2 Å². The van der Waals surface area contributed by atoms with Crippen molar-refractivity contribution in [3.8, 4) is 0 Å². The summed E-state index contributed by atoms with van der Waals surface area (Å²) in [6.07, 6.45) is -2.72. The van der Waals surface area contributed by atoms with Gasteiger partial charge in [0.15, 0.2) is 5.82 Å². The first-order chi connectivity index (χ1) is 15.7. The van der Waals surface area contributed by atoms with Crippen LogP contribution >= 0.6 is 0 Å². The molecule has 186 valence electrons. The number of nitrogens with one attached hydrogen (secondary N) is 1. The number of benzene rings is 1. The topological polar surface area (TPSA) is 87.0 Å². The SMILES string of the molecule is CC(C)CN1CCCc2cc(N=Nc3ccc(C(F)(F)F)cn3)c(NS(=O)(=O)C(F)(F)F)cc21. The number of aryl methyl sites for hydroxylation is 1. The molecule has 0 bridgehead atoms. The first-order valence-electron chi connectivity index (χ1n) is 10.1. The van der Waals surface area contributed by atoms with Gasteiger partial charge in [0.05, 0.1) is 11.3 Å². The molecular weight excluding hydrogens is 488 g/mol. The van der Waals surface area contributed by atoms with Crippen molar-refractivity contribution in [2.24, 2.45) is 16.1 Å². The Morgan fingerprint density at radius 1 is 1.12 bits per heavy atom. The van der Waals surface area contributed by atoms with Gasteiger partial charge in [-0.3, -0.25) is 4.72 Å². The van der Waals surface area contributed by atoms with E-state index >= 15 is 0 Å². The Balaban J connectivity index is 2.03. The molecule has 1 aromatic carbocycles. The number of hydrogen-bond donors (Lipinski definition) is 1. The number of alkyl halides is 6. The van der Waals surface area contributed by atoms with Crippen molar-refractivity contribution >= 4 is 32.9 Å². The molecule has 34 heavy (non-hydrogen) atoms. The normalized spacial score (nSPS) is 15.1. The first kappa shape index (κ1) is 25.7. The van der Waals surface area contributed by atoms with E-state index in [1.807, 2.05) is 18.7 Å². The number of sulfonamides is 1. The highest BCUT2D eigenvalue weighted by Gasteiger charge is 2.46. The van der Waals surface area contributed by atoms with Gasteiger partial charge in [-0.15, -0.1) is 10.2 Å². The van der Waals surface area contributed by atoms with Crippen molar-refractivity contribution in [2.75, 3.05) is 22.7 Å². The maximum Gasteiger partial charge on any atom is 0.516 e. The van der Waals surface area contributed by atoms with Gasteiger partial charge in [-0.1, -0.05) is 13.8 Å². The van der Waals surface area contributed by atoms with Crippen molar-refractivity contribution in [3.05, 3.63) is 41.6 Å². The van der Waals surface area contributed by atoms with Crippen LogP contribution in [0.25, 0.3) is 0 Å². The summed E-state index contributed by atoms with van der Waals surface area (Å²) in [5.41, 5.74) is -5.95. The van der Waals surface area contributed by atoms with Crippen LogP contribution in [0.3, 0.4) is 0 Å². The molecule has 1 aromatic heterocycles. The van der Waals surface area contributed by atoms with Crippen LogP contribution < -0.4 is 9.62 Å². The summed E-state index contributed by atoms with van der Waals surface area (Å²) in [5, 5.41) is 7.48. The zero-order valence-corrected chi connectivity index (χ0v) is 18.9. The van der Waals surface area contributed by atoms with Crippen LogP contribution in [-0.4, -0.2) is 32.0 Å². The standard InChI is InChI=1S/C20H21F6N5O2S/c1-12(2)11-31-7-3-4-13-8-15(16(9-17(13)31)30-34(32,33)20(24,25)26)28-29-18-6-5-14(10-27-18)19(21,22)23/h5-6,8-10,12,30H,3-4,7,11H2,1-2H3. The number of azo groups is 1. The molecular formula is C20H21F6N5O2S. The fourth-order valence-electron chi connectivity index (χ4n) is 3.41. The largest absolute Gasteiger partial charge is 0.516 e. The van der Waals surface area contributed by atoms with Crippen LogP contribution in [0, 0.1) is 5.92 Å². The molecule has 7 nitrogen and oxygen atoms in total. The maximum absolute atomic E-state index is 13.0. The van der Waals surface area contributed by atoms with Crippen molar-refractivity contribution in [3.63, 3.8) is 0 Å². The zero-order valence-electron chi connectivity index (χ0n) is 18.1. The predicted molar refractivity (Wildman–Crippen MR) is 114 cm³/mol. The van der Waals surface area contributed by atoms with Crippen molar-refractivity contribution < 1.29 is 34.8 Å². The molecule has 2 heterocycles. The summed E-state index contributed by atoms with van der Waals surface area (Å²) < 4.78 is 102. The molecule has 1 N–H and O–H groups in total. The van der Waals surface area contributed by atoms with Gasteiger partial charge in [0.2, 0.25) is 0 Å². The molecule has 0 aliphatic carbocycles. The molecule has 1 aliphatic heterocycles. The molecule has 14 heteroatoms. The third-order valence-corrected chi connectivity index (χ3v) is 5.98. The lowest BCUT2D eigenvalue weighted by Gasteiger charge is -2.33. The van der Waals surface area contributed by atoms with E-state index in [2.05, 4.69) is 15.2 Å². The second-order valence-corrected chi connectivity index (χ2v) is 9.77. The van der Waals surface area contributed by atoms with E-state index in [0.717, 1.165) is 24.1 Å². The van der Waals surface area contributed by atoms with E-state index in [1.165, 1.54) is 16.9 Å². The number of hydrogen-bond acceptors (Lipinski definition) is 6. The predicted octanol–water partition coefficient (Wildman–Crippen LogP) is 6.19. The van der Waals surface area contributed by atoms with E-state index in [0.29, 0.717) is 31.4 Å². The average molecular weight is 509 g/mol. The molecule has 0 amide bonds. The van der Waals surface area contributed by atoms with Crippen molar-refractivity contribution in [2.45, 2.75) is 38.4 Å². The van der Waals surface area contributed by atoms with Gasteiger partial charge in [0, 0.05) is 25.0 Å². The van der Waals surface area contributed by atoms with E-state index < -0.39 is 33.0 Å². The number of anilines is 2. The summed E-state index contributed by atoms with van der Waals surface area (Å²) in [4.78, 5) is 5.48. The summed E-state index contributed by atoms with van der Waals surface area (Å²) >= 11 is 0. The number of fused-ring (bicyclic) bond motifs is 1. The Kier molecular flexibility index (Phi) is 7.10. The summed E-state index contributed by atoms with van der Waals surface area (Å²) in [7, 11) is -5.76. The van der Waals surface area contributed by atoms with Gasteiger partial charge in [0.1, 0.15) is 5.69 Å². The Bertz CT molecular complexity index is 1160. The monoisotopic (exact) mass is 509 g/mol. The van der Waals surface area contributed by atoms with Gasteiger partial charge in [-0.25, -0.2) is 4.98 Å². The van der Waals surface area contributed by atoms with E-state index in [-0.39, 0.29) is 17.4 Å².